The van der Waals surface area contributed by atoms with Gasteiger partial charge in [0.1, 0.15) is 0 Å². The summed E-state index contributed by atoms with van der Waals surface area (Å²) in [6, 6.07) is 7.80. The maximum absolute atomic E-state index is 12.1. The molecule has 43 heavy (non-hydrogen) atoms. The zero-order chi connectivity index (χ0) is 32.1. The summed E-state index contributed by atoms with van der Waals surface area (Å²) in [4.78, 5) is 42.7. The lowest BCUT2D eigenvalue weighted by molar-refractivity contribution is -0.385. The van der Waals surface area contributed by atoms with Gasteiger partial charge in [-0.25, -0.2) is 4.79 Å². The molecule has 1 amide bonds. The minimum absolute atomic E-state index is 0.0297. The van der Waals surface area contributed by atoms with Gasteiger partial charge in [0.15, 0.2) is 11.5 Å². The molecule has 15 heteroatoms. The molecule has 0 heterocycles. The second kappa shape index (κ2) is 16.9. The molecule has 0 saturated heterocycles. The van der Waals surface area contributed by atoms with Crippen molar-refractivity contribution in [3.63, 3.8) is 0 Å². The third-order valence-electron chi connectivity index (χ3n) is 7.04. The number of nitrogens with zero attached hydrogens (tertiary/aromatic N) is 2. The third kappa shape index (κ3) is 11.1. The van der Waals surface area contributed by atoms with Crippen LogP contribution in [0.15, 0.2) is 36.4 Å². The van der Waals surface area contributed by atoms with Crippen LogP contribution in [0.1, 0.15) is 72.1 Å². The van der Waals surface area contributed by atoms with Gasteiger partial charge in [0.2, 0.25) is 0 Å². The number of carboxylic acids is 1. The number of aliphatic hydroxyl groups is 2. The number of hydrogen-bond donors (Lipinski definition) is 5. The maximum Gasteiger partial charge on any atom is 0.335 e. The number of aliphatic hydroxyl groups excluding tert-OH is 2. The first-order valence-corrected chi connectivity index (χ1v) is 13.7. The Balaban J connectivity index is 0.000000251. The lowest BCUT2D eigenvalue weighted by atomic mass is 9.93. The molecular formula is C28H38N4O11. The van der Waals surface area contributed by atoms with Gasteiger partial charge in [-0.1, -0.05) is 0 Å². The lowest BCUT2D eigenvalue weighted by Gasteiger charge is -2.26. The molecule has 2 aliphatic carbocycles. The van der Waals surface area contributed by atoms with Crippen LogP contribution in [0.4, 0.5) is 11.4 Å². The Morgan fingerprint density at radius 1 is 0.791 bits per heavy atom. The number of ether oxygens (including phenoxy) is 2. The predicted octanol–water partition coefficient (Wildman–Crippen LogP) is 3.19. The van der Waals surface area contributed by atoms with Crippen LogP contribution in [0.5, 0.6) is 11.5 Å². The van der Waals surface area contributed by atoms with Crippen molar-refractivity contribution in [2.24, 2.45) is 5.73 Å². The Labute approximate surface area is 247 Å². The van der Waals surface area contributed by atoms with Crippen LogP contribution in [-0.4, -0.2) is 75.6 Å². The van der Waals surface area contributed by atoms with E-state index in [0.717, 1.165) is 56.7 Å². The first kappa shape index (κ1) is 34.9. The number of nitro groups is 2. The summed E-state index contributed by atoms with van der Waals surface area (Å²) < 4.78 is 9.64. The molecule has 0 atom stereocenters. The van der Waals surface area contributed by atoms with Crippen LogP contribution in [0, 0.1) is 20.2 Å². The summed E-state index contributed by atoms with van der Waals surface area (Å²) in [6.07, 6.45) is 6.29. The molecule has 6 N–H and O–H groups in total. The van der Waals surface area contributed by atoms with Crippen molar-refractivity contribution < 1.29 is 44.2 Å². The number of aromatic carboxylic acids is 1. The first-order valence-electron chi connectivity index (χ1n) is 13.7. The zero-order valence-electron chi connectivity index (χ0n) is 24.0. The molecule has 0 unspecified atom stereocenters. The summed E-state index contributed by atoms with van der Waals surface area (Å²) in [5.74, 6) is -1.44. The van der Waals surface area contributed by atoms with Gasteiger partial charge in [-0.05, 0) is 63.5 Å². The number of nitro benzene ring substituents is 2. The number of carbonyl (C=O) groups is 2. The fraction of sp³-hybridized carbons (Fsp3) is 0.500. The van der Waals surface area contributed by atoms with E-state index in [2.05, 4.69) is 5.32 Å². The van der Waals surface area contributed by atoms with Gasteiger partial charge in [-0.3, -0.25) is 25.0 Å². The predicted molar refractivity (Wildman–Crippen MR) is 154 cm³/mol. The van der Waals surface area contributed by atoms with Crippen LogP contribution in [0.25, 0.3) is 0 Å². The van der Waals surface area contributed by atoms with Crippen LogP contribution < -0.4 is 20.5 Å². The zero-order valence-corrected chi connectivity index (χ0v) is 24.0. The van der Waals surface area contributed by atoms with Crippen LogP contribution in [0.3, 0.4) is 0 Å². The number of amides is 1. The summed E-state index contributed by atoms with van der Waals surface area (Å²) in [6.45, 7) is 0. The monoisotopic (exact) mass is 606 g/mol. The molecule has 15 nitrogen and oxygen atoms in total. The minimum atomic E-state index is -1.15. The largest absolute Gasteiger partial charge is 0.490 e. The third-order valence-corrected chi connectivity index (χ3v) is 7.04. The van der Waals surface area contributed by atoms with Crippen molar-refractivity contribution in [3.05, 3.63) is 67.8 Å². The van der Waals surface area contributed by atoms with Crippen molar-refractivity contribution in [1.82, 2.24) is 5.32 Å². The van der Waals surface area contributed by atoms with E-state index in [1.54, 1.807) is 0 Å². The van der Waals surface area contributed by atoms with Gasteiger partial charge in [0.25, 0.3) is 5.91 Å². The van der Waals surface area contributed by atoms with E-state index < -0.39 is 15.8 Å². The van der Waals surface area contributed by atoms with E-state index in [-0.39, 0.29) is 52.6 Å². The molecule has 2 aliphatic rings. The van der Waals surface area contributed by atoms with Crippen molar-refractivity contribution in [2.75, 3.05) is 14.2 Å². The fourth-order valence-corrected chi connectivity index (χ4v) is 4.52. The molecule has 0 spiro atoms. The summed E-state index contributed by atoms with van der Waals surface area (Å²) in [5.41, 5.74) is 5.44. The molecule has 0 radical (unpaired) electrons. The van der Waals surface area contributed by atoms with Crippen molar-refractivity contribution in [2.45, 2.75) is 75.7 Å². The quantitative estimate of drug-likeness (QED) is 0.226. The number of nitrogens with two attached hydrogens (primary N) is 1. The first-order chi connectivity index (χ1) is 20.4. The Kier molecular flexibility index (Phi) is 13.7. The Morgan fingerprint density at radius 2 is 1.21 bits per heavy atom. The summed E-state index contributed by atoms with van der Waals surface area (Å²) >= 11 is 0. The standard InChI is InChI=1S/C14H18N2O5.C8H7NO5.C6H13NO/c1-21-13-8-9(2-7-12(13)16(19)20)14(18)15-10-3-5-11(17)6-4-10;1-14-7-4-5(8(10)11)2-3-6(7)9(12)13;7-5-1-3-6(8)4-2-5/h2,7-8,10-11,17H,3-6H2,1H3,(H,15,18);2-4H,1H3,(H,10,11);5-6,8H,1-4,7H2. The molecule has 2 saturated carbocycles. The second-order valence-corrected chi connectivity index (χ2v) is 10.1. The molecule has 0 bridgehead atoms. The molecule has 2 aromatic carbocycles. The van der Waals surface area contributed by atoms with Crippen LogP contribution >= 0.6 is 0 Å². The molecular weight excluding hydrogens is 568 g/mol. The van der Waals surface area contributed by atoms with Gasteiger partial charge in [-0.15, -0.1) is 0 Å². The van der Waals surface area contributed by atoms with Crippen LogP contribution in [-0.2, 0) is 0 Å². The topological polar surface area (TPSA) is 238 Å². The number of rotatable bonds is 7. The van der Waals surface area contributed by atoms with Crippen molar-refractivity contribution in [3.8, 4) is 11.5 Å². The van der Waals surface area contributed by atoms with Gasteiger partial charge >= 0.3 is 17.3 Å². The minimum Gasteiger partial charge on any atom is -0.490 e. The van der Waals surface area contributed by atoms with Crippen LogP contribution in [0.2, 0.25) is 0 Å². The number of carboxylic acid groups (broad SMARTS) is 1. The fourth-order valence-electron chi connectivity index (χ4n) is 4.52. The molecule has 2 fully saturated rings. The molecule has 236 valence electrons. The number of carbonyl (C=O) groups excluding carboxylic acids is 1. The highest BCUT2D eigenvalue weighted by atomic mass is 16.6. The highest BCUT2D eigenvalue weighted by Gasteiger charge is 2.23. The molecule has 4 rings (SSSR count). The normalized spacial score (nSPS) is 21.0. The van der Waals surface area contributed by atoms with E-state index in [0.29, 0.717) is 24.4 Å². The number of nitrogens with one attached hydrogen (secondary N) is 1. The molecule has 2 aromatic rings. The highest BCUT2D eigenvalue weighted by Crippen LogP contribution is 2.28. The van der Waals surface area contributed by atoms with Gasteiger partial charge < -0.3 is 35.8 Å². The highest BCUT2D eigenvalue weighted by molar-refractivity contribution is 5.95. The molecule has 0 aromatic heterocycles. The SMILES string of the molecule is COc1cc(C(=O)NC2CCC(O)CC2)ccc1[N+](=O)[O-].COc1cc(C(=O)O)ccc1[N+](=O)[O-].NC1CCC(O)CC1. The van der Waals surface area contributed by atoms with E-state index >= 15 is 0 Å². The lowest BCUT2D eigenvalue weighted by Crippen LogP contribution is -2.38. The number of hydrogen-bond acceptors (Lipinski definition) is 11. The van der Waals surface area contributed by atoms with E-state index in [1.807, 2.05) is 0 Å². The van der Waals surface area contributed by atoms with E-state index in [1.165, 1.54) is 32.4 Å². The second-order valence-electron chi connectivity index (χ2n) is 10.1. The van der Waals surface area contributed by atoms with Crippen molar-refractivity contribution in [1.29, 1.82) is 0 Å². The summed E-state index contributed by atoms with van der Waals surface area (Å²) in [5, 5.41) is 51.1. The smallest absolute Gasteiger partial charge is 0.335 e. The number of benzene rings is 2. The van der Waals surface area contributed by atoms with E-state index in [9.17, 15) is 34.9 Å². The molecule has 0 aliphatic heterocycles. The number of methoxy groups -OCH3 is 2. The van der Waals surface area contributed by atoms with Gasteiger partial charge in [0, 0.05) is 41.9 Å². The van der Waals surface area contributed by atoms with E-state index in [4.69, 9.17) is 25.4 Å². The Morgan fingerprint density at radius 3 is 1.60 bits per heavy atom. The summed E-state index contributed by atoms with van der Waals surface area (Å²) in [7, 11) is 2.57. The maximum atomic E-state index is 12.1. The van der Waals surface area contributed by atoms with Gasteiger partial charge in [-0.2, -0.15) is 0 Å². The van der Waals surface area contributed by atoms with Gasteiger partial charge in [0.05, 0.1) is 41.8 Å². The average molecular weight is 607 g/mol. The Hall–Kier alpha value is -4.34. The Bertz CT molecular complexity index is 1250. The average Bonchev–Trinajstić information content (AvgIpc) is 2.99. The van der Waals surface area contributed by atoms with Crippen molar-refractivity contribution >= 4 is 23.3 Å².